The molecule has 1 amide bonds. The third kappa shape index (κ3) is 4.50. The van der Waals surface area contributed by atoms with Gasteiger partial charge in [-0.25, -0.2) is 0 Å². The van der Waals surface area contributed by atoms with Crippen molar-refractivity contribution in [2.24, 2.45) is 0 Å². The maximum absolute atomic E-state index is 12.9. The second-order valence-corrected chi connectivity index (χ2v) is 9.42. The Morgan fingerprint density at radius 3 is 2.52 bits per heavy atom. The van der Waals surface area contributed by atoms with Gasteiger partial charge < -0.3 is 14.4 Å². The first kappa shape index (κ1) is 22.3. The summed E-state index contributed by atoms with van der Waals surface area (Å²) in [6.07, 6.45) is 0.724. The average molecular weight is 483 g/mol. The van der Waals surface area contributed by atoms with E-state index < -0.39 is 11.7 Å². The van der Waals surface area contributed by atoms with Crippen molar-refractivity contribution in [2.45, 2.75) is 44.8 Å². The lowest BCUT2D eigenvalue weighted by molar-refractivity contribution is -0.141. The first-order valence-electron chi connectivity index (χ1n) is 10.1. The predicted molar refractivity (Wildman–Crippen MR) is 121 cm³/mol. The third-order valence-corrected chi connectivity index (χ3v) is 6.62. The molecule has 0 aliphatic carbocycles. The van der Waals surface area contributed by atoms with Gasteiger partial charge in [0, 0.05) is 36.0 Å². The molecule has 2 aromatic rings. The molecule has 1 saturated heterocycles. The van der Waals surface area contributed by atoms with Gasteiger partial charge in [-0.3, -0.25) is 9.59 Å². The van der Waals surface area contributed by atoms with Crippen LogP contribution in [0.5, 0.6) is 11.5 Å². The first-order chi connectivity index (χ1) is 14.7. The summed E-state index contributed by atoms with van der Waals surface area (Å²) in [4.78, 5) is 27.4. The lowest BCUT2D eigenvalue weighted by Gasteiger charge is -2.44. The molecule has 2 aliphatic rings. The highest BCUT2D eigenvalue weighted by Crippen LogP contribution is 2.42. The number of halogens is 3. The minimum Gasteiger partial charge on any atom is -0.486 e. The molecule has 2 aliphatic heterocycles. The molecule has 0 radical (unpaired) electrons. The summed E-state index contributed by atoms with van der Waals surface area (Å²) >= 11 is 18.2. The Morgan fingerprint density at radius 2 is 1.84 bits per heavy atom. The molecule has 2 aromatic carbocycles. The molecule has 4 rings (SSSR count). The zero-order valence-electron chi connectivity index (χ0n) is 17.2. The van der Waals surface area contributed by atoms with Crippen LogP contribution in [0.2, 0.25) is 15.1 Å². The fourth-order valence-electron chi connectivity index (χ4n) is 4.20. The number of ketones is 1. The van der Waals surface area contributed by atoms with Crippen LogP contribution in [0.25, 0.3) is 0 Å². The van der Waals surface area contributed by atoms with Gasteiger partial charge in [0.1, 0.15) is 17.1 Å². The standard InChI is InChI=1S/C23H22Cl3NO4/c1-13-9-16(25)10-17-19(28)12-23(31-21(13)17)5-7-27(8-6-23)22(29)14(2)30-20-4-3-15(24)11-18(20)26/h3-4,9-11,14H,5-8,12H2,1-2H3. The number of amides is 1. The van der Waals surface area contributed by atoms with E-state index in [-0.39, 0.29) is 18.1 Å². The van der Waals surface area contributed by atoms with Crippen molar-refractivity contribution in [3.8, 4) is 11.5 Å². The van der Waals surface area contributed by atoms with Crippen molar-refractivity contribution < 1.29 is 19.1 Å². The Morgan fingerprint density at radius 1 is 1.13 bits per heavy atom. The molecule has 0 N–H and O–H groups in total. The van der Waals surface area contributed by atoms with Crippen LogP contribution in [0, 0.1) is 6.92 Å². The molecular formula is C23H22Cl3NO4. The van der Waals surface area contributed by atoms with Crippen molar-refractivity contribution in [1.29, 1.82) is 0 Å². The van der Waals surface area contributed by atoms with E-state index in [1.54, 1.807) is 42.2 Å². The normalized spacial score (nSPS) is 18.4. The summed E-state index contributed by atoms with van der Waals surface area (Å²) < 4.78 is 12.1. The van der Waals surface area contributed by atoms with Crippen LogP contribution in [-0.2, 0) is 4.79 Å². The molecule has 0 bridgehead atoms. The summed E-state index contributed by atoms with van der Waals surface area (Å²) in [6.45, 7) is 4.55. The van der Waals surface area contributed by atoms with Gasteiger partial charge in [0.15, 0.2) is 11.9 Å². The van der Waals surface area contributed by atoms with Crippen LogP contribution in [-0.4, -0.2) is 41.4 Å². The minimum atomic E-state index is -0.702. The monoisotopic (exact) mass is 481 g/mol. The molecule has 2 heterocycles. The molecule has 5 nitrogen and oxygen atoms in total. The van der Waals surface area contributed by atoms with E-state index in [1.807, 2.05) is 6.92 Å². The predicted octanol–water partition coefficient (Wildman–Crippen LogP) is 5.75. The fraction of sp³-hybridized carbons (Fsp3) is 0.391. The van der Waals surface area contributed by atoms with Crippen LogP contribution < -0.4 is 9.47 Å². The number of fused-ring (bicyclic) bond motifs is 1. The van der Waals surface area contributed by atoms with Crippen LogP contribution in [0.4, 0.5) is 0 Å². The van der Waals surface area contributed by atoms with Gasteiger partial charge in [-0.1, -0.05) is 34.8 Å². The number of aryl methyl sites for hydroxylation is 1. The third-order valence-electron chi connectivity index (χ3n) is 5.87. The first-order valence-corrected chi connectivity index (χ1v) is 11.2. The highest BCUT2D eigenvalue weighted by Gasteiger charge is 2.44. The molecule has 1 atom stereocenters. The average Bonchev–Trinajstić information content (AvgIpc) is 2.71. The van der Waals surface area contributed by atoms with E-state index in [2.05, 4.69) is 0 Å². The lowest BCUT2D eigenvalue weighted by Crippen LogP contribution is -2.54. The van der Waals surface area contributed by atoms with Crippen LogP contribution in [0.15, 0.2) is 30.3 Å². The maximum Gasteiger partial charge on any atom is 0.263 e. The fourth-order valence-corrected chi connectivity index (χ4v) is 4.92. The van der Waals surface area contributed by atoms with E-state index in [0.717, 1.165) is 5.56 Å². The Hall–Kier alpha value is -1.95. The zero-order chi connectivity index (χ0) is 22.3. The van der Waals surface area contributed by atoms with Crippen LogP contribution >= 0.6 is 34.8 Å². The van der Waals surface area contributed by atoms with Crippen molar-refractivity contribution in [2.75, 3.05) is 13.1 Å². The minimum absolute atomic E-state index is 0.0284. The van der Waals surface area contributed by atoms with Gasteiger partial charge in [-0.2, -0.15) is 0 Å². The summed E-state index contributed by atoms with van der Waals surface area (Å²) in [5.41, 5.74) is 0.787. The quantitative estimate of drug-likeness (QED) is 0.559. The molecule has 1 fully saturated rings. The van der Waals surface area contributed by atoms with Crippen molar-refractivity contribution >= 4 is 46.5 Å². The summed E-state index contributed by atoms with van der Waals surface area (Å²) in [6, 6.07) is 8.35. The molecule has 0 aromatic heterocycles. The second kappa shape index (κ2) is 8.53. The van der Waals surface area contributed by atoms with Gasteiger partial charge in [-0.05, 0) is 49.7 Å². The van der Waals surface area contributed by atoms with Gasteiger partial charge in [0.2, 0.25) is 0 Å². The molecule has 31 heavy (non-hydrogen) atoms. The number of piperidine rings is 1. The van der Waals surface area contributed by atoms with Gasteiger partial charge >= 0.3 is 0 Å². The van der Waals surface area contributed by atoms with Crippen molar-refractivity contribution in [3.63, 3.8) is 0 Å². The van der Waals surface area contributed by atoms with E-state index in [1.165, 1.54) is 0 Å². The largest absolute Gasteiger partial charge is 0.486 e. The van der Waals surface area contributed by atoms with Gasteiger partial charge in [0.05, 0.1) is 17.0 Å². The number of rotatable bonds is 3. The lowest BCUT2D eigenvalue weighted by atomic mass is 9.82. The number of nitrogens with zero attached hydrogens (tertiary/aromatic N) is 1. The summed E-state index contributed by atoms with van der Waals surface area (Å²) in [7, 11) is 0. The number of hydrogen-bond acceptors (Lipinski definition) is 4. The Bertz CT molecular complexity index is 1050. The smallest absolute Gasteiger partial charge is 0.263 e. The molecule has 1 unspecified atom stereocenters. The molecule has 1 spiro atoms. The Labute approximate surface area is 196 Å². The van der Waals surface area contributed by atoms with E-state index in [0.29, 0.717) is 58.1 Å². The van der Waals surface area contributed by atoms with Crippen molar-refractivity contribution in [3.05, 3.63) is 56.5 Å². The Balaban J connectivity index is 1.42. The van der Waals surface area contributed by atoms with Crippen molar-refractivity contribution in [1.82, 2.24) is 4.90 Å². The molecule has 8 heteroatoms. The highest BCUT2D eigenvalue weighted by molar-refractivity contribution is 6.35. The zero-order valence-corrected chi connectivity index (χ0v) is 19.5. The highest BCUT2D eigenvalue weighted by atomic mass is 35.5. The SMILES string of the molecule is Cc1cc(Cl)cc2c1OC1(CCN(C(=O)C(C)Oc3ccc(Cl)cc3Cl)CC1)CC2=O. The topological polar surface area (TPSA) is 55.8 Å². The molecule has 164 valence electrons. The van der Waals surface area contributed by atoms with E-state index in [4.69, 9.17) is 44.3 Å². The number of ether oxygens (including phenoxy) is 2. The number of carbonyl (C=O) groups excluding carboxylic acids is 2. The Kier molecular flexibility index (Phi) is 6.12. The summed E-state index contributed by atoms with van der Waals surface area (Å²) in [5, 5.41) is 1.38. The van der Waals surface area contributed by atoms with Crippen LogP contribution in [0.3, 0.4) is 0 Å². The summed E-state index contributed by atoms with van der Waals surface area (Å²) in [5.74, 6) is 0.911. The molecular weight excluding hydrogens is 461 g/mol. The number of benzene rings is 2. The van der Waals surface area contributed by atoms with Crippen LogP contribution in [0.1, 0.15) is 42.1 Å². The van der Waals surface area contributed by atoms with Gasteiger partial charge in [0.25, 0.3) is 5.91 Å². The van der Waals surface area contributed by atoms with E-state index in [9.17, 15) is 9.59 Å². The number of carbonyl (C=O) groups is 2. The maximum atomic E-state index is 12.9. The molecule has 0 saturated carbocycles. The van der Waals surface area contributed by atoms with Gasteiger partial charge in [-0.15, -0.1) is 0 Å². The second-order valence-electron chi connectivity index (χ2n) is 8.14. The number of hydrogen-bond donors (Lipinski definition) is 0. The number of Topliss-reactive ketones (excluding diaryl/α,β-unsaturated/α-hetero) is 1. The van der Waals surface area contributed by atoms with E-state index >= 15 is 0 Å². The number of likely N-dealkylation sites (tertiary alicyclic amines) is 1.